The van der Waals surface area contributed by atoms with Crippen molar-refractivity contribution in [2.45, 2.75) is 40.8 Å². The molecule has 17 heavy (non-hydrogen) atoms. The number of carbonyl (C=O) groups is 1. The normalized spacial score (nSPS) is 28.9. The van der Waals surface area contributed by atoms with Crippen LogP contribution >= 0.6 is 23.3 Å². The molecule has 1 aromatic rings. The maximum atomic E-state index is 11.7. The van der Waals surface area contributed by atoms with Gasteiger partial charge in [-0.15, -0.1) is 0 Å². The Kier molecular flexibility index (Phi) is 4.01. The summed E-state index contributed by atoms with van der Waals surface area (Å²) in [4.78, 5) is 15.8. The van der Waals surface area contributed by atoms with Crippen LogP contribution in [0.15, 0.2) is 10.7 Å². The quantitative estimate of drug-likeness (QED) is 0.840. The van der Waals surface area contributed by atoms with Crippen LogP contribution in [-0.4, -0.2) is 33.2 Å². The number of carbonyl (C=O) groups excluding carboxylic acids is 1. The van der Waals surface area contributed by atoms with Gasteiger partial charge in [-0.1, -0.05) is 11.8 Å². The first kappa shape index (κ1) is 12.8. The van der Waals surface area contributed by atoms with Gasteiger partial charge in [0.25, 0.3) is 0 Å². The minimum Gasteiger partial charge on any atom is -0.468 e. The Labute approximate surface area is 108 Å². The third kappa shape index (κ3) is 2.97. The number of esters is 1. The van der Waals surface area contributed by atoms with Crippen LogP contribution in [0.2, 0.25) is 0 Å². The molecule has 1 saturated carbocycles. The molecule has 7 heteroatoms. The summed E-state index contributed by atoms with van der Waals surface area (Å²) < 4.78 is 9.67. The molecular formula is C10H15N3O2S2. The summed E-state index contributed by atoms with van der Waals surface area (Å²) in [6.45, 7) is 0. The molecule has 1 fully saturated rings. The van der Waals surface area contributed by atoms with Gasteiger partial charge in [-0.3, -0.25) is 4.79 Å². The number of aromatic nitrogens is 2. The topological polar surface area (TPSA) is 78.1 Å². The lowest BCUT2D eigenvalue weighted by molar-refractivity contribution is -0.148. The van der Waals surface area contributed by atoms with E-state index in [0.717, 1.165) is 17.2 Å². The van der Waals surface area contributed by atoms with Crippen LogP contribution in [0.1, 0.15) is 25.7 Å². The highest BCUT2D eigenvalue weighted by molar-refractivity contribution is 8.01. The van der Waals surface area contributed by atoms with Gasteiger partial charge in [-0.25, -0.2) is 4.98 Å². The molecule has 1 aromatic heterocycles. The van der Waals surface area contributed by atoms with Crippen LogP contribution in [-0.2, 0) is 9.53 Å². The van der Waals surface area contributed by atoms with Gasteiger partial charge in [0.1, 0.15) is 11.9 Å². The van der Waals surface area contributed by atoms with Crippen molar-refractivity contribution in [3.8, 4) is 0 Å². The summed E-state index contributed by atoms with van der Waals surface area (Å²) in [5.41, 5.74) is 5.29. The lowest BCUT2D eigenvalue weighted by atomic mass is 9.82. The first-order valence-electron chi connectivity index (χ1n) is 5.45. The van der Waals surface area contributed by atoms with Gasteiger partial charge in [0.05, 0.1) is 7.11 Å². The number of hydrogen-bond acceptors (Lipinski definition) is 7. The lowest BCUT2D eigenvalue weighted by Crippen LogP contribution is -2.52. The molecular weight excluding hydrogens is 258 g/mol. The van der Waals surface area contributed by atoms with Gasteiger partial charge in [-0.2, -0.15) is 4.37 Å². The molecule has 0 bridgehead atoms. The predicted molar refractivity (Wildman–Crippen MR) is 67.0 cm³/mol. The van der Waals surface area contributed by atoms with Crippen LogP contribution in [0, 0.1) is 0 Å². The summed E-state index contributed by atoms with van der Waals surface area (Å²) in [7, 11) is 1.39. The summed E-state index contributed by atoms with van der Waals surface area (Å²) >= 11 is 3.03. The van der Waals surface area contributed by atoms with E-state index in [1.54, 1.807) is 18.1 Å². The van der Waals surface area contributed by atoms with Crippen molar-refractivity contribution < 1.29 is 9.53 Å². The predicted octanol–water partition coefficient (Wildman–Crippen LogP) is 1.44. The number of ether oxygens (including phenoxy) is 1. The highest BCUT2D eigenvalue weighted by Crippen LogP contribution is 2.37. The van der Waals surface area contributed by atoms with Crippen molar-refractivity contribution in [1.29, 1.82) is 0 Å². The van der Waals surface area contributed by atoms with Crippen molar-refractivity contribution >= 4 is 29.3 Å². The lowest BCUT2D eigenvalue weighted by Gasteiger charge is -2.34. The SMILES string of the molecule is COC(=O)C1(N)CCCC(Sc2ncns2)C1. The van der Waals surface area contributed by atoms with Gasteiger partial charge >= 0.3 is 5.97 Å². The summed E-state index contributed by atoms with van der Waals surface area (Å²) in [6, 6.07) is 0. The van der Waals surface area contributed by atoms with Gasteiger partial charge < -0.3 is 10.5 Å². The molecule has 1 heterocycles. The highest BCUT2D eigenvalue weighted by atomic mass is 32.2. The molecule has 2 rings (SSSR count). The Morgan fingerprint density at radius 1 is 1.76 bits per heavy atom. The zero-order valence-corrected chi connectivity index (χ0v) is 11.2. The molecule has 2 unspecified atom stereocenters. The number of nitrogens with zero attached hydrogens (tertiary/aromatic N) is 2. The van der Waals surface area contributed by atoms with E-state index < -0.39 is 5.54 Å². The third-order valence-electron chi connectivity index (χ3n) is 2.94. The fourth-order valence-corrected chi connectivity index (χ4v) is 4.15. The first-order chi connectivity index (χ1) is 8.14. The van der Waals surface area contributed by atoms with Crippen molar-refractivity contribution in [2.24, 2.45) is 5.73 Å². The first-order valence-corrected chi connectivity index (χ1v) is 7.10. The largest absolute Gasteiger partial charge is 0.468 e. The number of nitrogens with two attached hydrogens (primary N) is 1. The Balaban J connectivity index is 1.99. The standard InChI is InChI=1S/C10H15N3O2S2/c1-15-8(14)10(11)4-2-3-7(5-10)16-9-12-6-13-17-9/h6-7H,2-5,11H2,1H3. The van der Waals surface area contributed by atoms with Crippen LogP contribution in [0.4, 0.5) is 0 Å². The van der Waals surface area contributed by atoms with E-state index in [1.807, 2.05) is 0 Å². The smallest absolute Gasteiger partial charge is 0.325 e. The van der Waals surface area contributed by atoms with Crippen LogP contribution in [0.5, 0.6) is 0 Å². The fraction of sp³-hybridized carbons (Fsp3) is 0.700. The number of thioether (sulfide) groups is 1. The van der Waals surface area contributed by atoms with Crippen molar-refractivity contribution in [3.05, 3.63) is 6.33 Å². The molecule has 0 amide bonds. The van der Waals surface area contributed by atoms with Gasteiger partial charge in [-0.05, 0) is 37.2 Å². The summed E-state index contributed by atoms with van der Waals surface area (Å²) in [5.74, 6) is -0.305. The Morgan fingerprint density at radius 2 is 2.59 bits per heavy atom. The molecule has 0 aliphatic heterocycles. The van der Waals surface area contributed by atoms with E-state index in [2.05, 4.69) is 9.36 Å². The molecule has 94 valence electrons. The van der Waals surface area contributed by atoms with Crippen LogP contribution < -0.4 is 5.73 Å². The molecule has 0 saturated heterocycles. The van der Waals surface area contributed by atoms with E-state index in [0.29, 0.717) is 18.1 Å². The Bertz CT molecular complexity index is 385. The molecule has 2 atom stereocenters. The zero-order valence-electron chi connectivity index (χ0n) is 9.59. The minimum absolute atomic E-state index is 0.305. The Morgan fingerprint density at radius 3 is 3.24 bits per heavy atom. The second-order valence-corrected chi connectivity index (χ2v) is 6.52. The molecule has 2 N–H and O–H groups in total. The molecule has 1 aliphatic rings. The van der Waals surface area contributed by atoms with E-state index in [-0.39, 0.29) is 5.97 Å². The van der Waals surface area contributed by atoms with Crippen LogP contribution in [0.3, 0.4) is 0 Å². The highest BCUT2D eigenvalue weighted by Gasteiger charge is 2.40. The number of methoxy groups -OCH3 is 1. The van der Waals surface area contributed by atoms with Crippen molar-refractivity contribution in [1.82, 2.24) is 9.36 Å². The zero-order chi connectivity index (χ0) is 12.3. The van der Waals surface area contributed by atoms with Gasteiger partial charge in [0, 0.05) is 5.25 Å². The second-order valence-electron chi connectivity index (χ2n) is 4.19. The monoisotopic (exact) mass is 273 g/mol. The van der Waals surface area contributed by atoms with E-state index >= 15 is 0 Å². The van der Waals surface area contributed by atoms with Crippen molar-refractivity contribution in [2.75, 3.05) is 7.11 Å². The molecule has 5 nitrogen and oxygen atoms in total. The minimum atomic E-state index is -0.824. The van der Waals surface area contributed by atoms with E-state index in [1.165, 1.54) is 18.6 Å². The molecule has 1 aliphatic carbocycles. The molecule has 0 spiro atoms. The summed E-state index contributed by atoms with van der Waals surface area (Å²) in [6.07, 6.45) is 4.89. The average molecular weight is 273 g/mol. The molecule has 0 radical (unpaired) electrons. The number of rotatable bonds is 3. The Hall–Kier alpha value is -0.660. The molecule has 0 aromatic carbocycles. The number of hydrogen-bond donors (Lipinski definition) is 1. The van der Waals surface area contributed by atoms with Gasteiger partial charge in [0.2, 0.25) is 0 Å². The summed E-state index contributed by atoms with van der Waals surface area (Å²) in [5, 5.41) is 0.320. The third-order valence-corrected chi connectivity index (χ3v) is 4.96. The van der Waals surface area contributed by atoms with Crippen LogP contribution in [0.25, 0.3) is 0 Å². The average Bonchev–Trinajstić information content (AvgIpc) is 2.81. The van der Waals surface area contributed by atoms with E-state index in [4.69, 9.17) is 10.5 Å². The van der Waals surface area contributed by atoms with E-state index in [9.17, 15) is 4.79 Å². The maximum Gasteiger partial charge on any atom is 0.325 e. The second kappa shape index (κ2) is 5.32. The van der Waals surface area contributed by atoms with Crippen molar-refractivity contribution in [3.63, 3.8) is 0 Å². The van der Waals surface area contributed by atoms with Gasteiger partial charge in [0.15, 0.2) is 4.34 Å². The maximum absolute atomic E-state index is 11.7. The fourth-order valence-electron chi connectivity index (χ4n) is 2.10.